The minimum atomic E-state index is -0.556. The van der Waals surface area contributed by atoms with Crippen molar-refractivity contribution in [3.8, 4) is 5.75 Å². The number of halogens is 1. The number of para-hydroxylation sites is 1. The molecule has 23 heavy (non-hydrogen) atoms. The van der Waals surface area contributed by atoms with Gasteiger partial charge < -0.3 is 10.1 Å². The lowest BCUT2D eigenvalue weighted by atomic mass is 10.1. The lowest BCUT2D eigenvalue weighted by molar-refractivity contribution is -0.128. The number of carbonyl (C=O) groups excluding carboxylic acids is 1. The van der Waals surface area contributed by atoms with Crippen LogP contribution in [0.3, 0.4) is 0 Å². The number of rotatable bonds is 6. The lowest BCUT2D eigenvalue weighted by Gasteiger charge is -2.21. The third kappa shape index (κ3) is 4.55. The molecule has 0 bridgehead atoms. The van der Waals surface area contributed by atoms with E-state index in [-0.39, 0.29) is 17.8 Å². The Kier molecular flexibility index (Phi) is 5.74. The van der Waals surface area contributed by atoms with E-state index in [1.807, 2.05) is 45.0 Å². The molecule has 0 saturated heterocycles. The highest BCUT2D eigenvalue weighted by molar-refractivity contribution is 5.81. The van der Waals surface area contributed by atoms with Gasteiger partial charge >= 0.3 is 0 Å². The summed E-state index contributed by atoms with van der Waals surface area (Å²) in [4.78, 5) is 12.4. The molecule has 1 amide bonds. The maximum Gasteiger partial charge on any atom is 0.261 e. The molecular formula is C19H22FNO2. The molecule has 2 unspecified atom stereocenters. The van der Waals surface area contributed by atoms with Crippen LogP contribution in [0.4, 0.5) is 4.39 Å². The maximum absolute atomic E-state index is 13.0. The van der Waals surface area contributed by atoms with Gasteiger partial charge in [-0.1, -0.05) is 37.3 Å². The highest BCUT2D eigenvalue weighted by atomic mass is 19.1. The molecule has 0 heterocycles. The molecule has 0 saturated carbocycles. The van der Waals surface area contributed by atoms with Gasteiger partial charge in [0, 0.05) is 0 Å². The van der Waals surface area contributed by atoms with Crippen molar-refractivity contribution in [3.05, 3.63) is 65.5 Å². The van der Waals surface area contributed by atoms with Crippen LogP contribution in [0.1, 0.15) is 37.4 Å². The highest BCUT2D eigenvalue weighted by Gasteiger charge is 2.21. The number of ether oxygens (including phenoxy) is 1. The Bertz CT molecular complexity index is 655. The molecule has 2 atom stereocenters. The van der Waals surface area contributed by atoms with Gasteiger partial charge in [0.1, 0.15) is 11.6 Å². The molecule has 0 fully saturated rings. The third-order valence-electron chi connectivity index (χ3n) is 3.75. The zero-order chi connectivity index (χ0) is 16.8. The fraction of sp³-hybridized carbons (Fsp3) is 0.316. The lowest BCUT2D eigenvalue weighted by Crippen LogP contribution is -2.39. The molecule has 2 aromatic carbocycles. The first-order valence-electron chi connectivity index (χ1n) is 7.79. The number of aryl methyl sites for hydroxylation is 1. The highest BCUT2D eigenvalue weighted by Crippen LogP contribution is 2.20. The van der Waals surface area contributed by atoms with Crippen molar-refractivity contribution in [1.29, 1.82) is 0 Å². The van der Waals surface area contributed by atoms with E-state index >= 15 is 0 Å². The van der Waals surface area contributed by atoms with Crippen molar-refractivity contribution in [3.63, 3.8) is 0 Å². The van der Waals surface area contributed by atoms with Crippen LogP contribution in [0.5, 0.6) is 5.75 Å². The summed E-state index contributed by atoms with van der Waals surface area (Å²) in [6, 6.07) is 13.5. The fourth-order valence-corrected chi connectivity index (χ4v) is 2.31. The summed E-state index contributed by atoms with van der Waals surface area (Å²) < 4.78 is 18.8. The van der Waals surface area contributed by atoms with Crippen molar-refractivity contribution in [2.75, 3.05) is 0 Å². The molecule has 2 aromatic rings. The van der Waals surface area contributed by atoms with Gasteiger partial charge in [-0.2, -0.15) is 0 Å². The van der Waals surface area contributed by atoms with Crippen LogP contribution in [-0.4, -0.2) is 12.0 Å². The van der Waals surface area contributed by atoms with Gasteiger partial charge in [0.25, 0.3) is 5.91 Å². The van der Waals surface area contributed by atoms with Gasteiger partial charge in [-0.15, -0.1) is 0 Å². The topological polar surface area (TPSA) is 38.3 Å². The zero-order valence-corrected chi connectivity index (χ0v) is 13.7. The van der Waals surface area contributed by atoms with E-state index in [1.165, 1.54) is 12.1 Å². The van der Waals surface area contributed by atoms with Gasteiger partial charge in [0.05, 0.1) is 6.04 Å². The molecule has 0 radical (unpaired) electrons. The van der Waals surface area contributed by atoms with Crippen LogP contribution in [0.25, 0.3) is 0 Å². The second-order valence-electron chi connectivity index (χ2n) is 5.56. The molecule has 3 nitrogen and oxygen atoms in total. The predicted molar refractivity (Wildman–Crippen MR) is 88.8 cm³/mol. The van der Waals surface area contributed by atoms with E-state index in [1.54, 1.807) is 12.1 Å². The number of carbonyl (C=O) groups is 1. The molecule has 1 N–H and O–H groups in total. The molecule has 2 rings (SSSR count). The second-order valence-corrected chi connectivity index (χ2v) is 5.56. The molecule has 0 aliphatic heterocycles. The van der Waals surface area contributed by atoms with E-state index in [9.17, 15) is 9.18 Å². The maximum atomic E-state index is 13.0. The van der Waals surface area contributed by atoms with Crippen molar-refractivity contribution < 1.29 is 13.9 Å². The average Bonchev–Trinajstić information content (AvgIpc) is 2.54. The molecule has 0 spiro atoms. The van der Waals surface area contributed by atoms with Crippen LogP contribution in [0.2, 0.25) is 0 Å². The Hall–Kier alpha value is -2.36. The van der Waals surface area contributed by atoms with Gasteiger partial charge in [0.15, 0.2) is 6.10 Å². The SMILES string of the molecule is CCC(Oc1ccccc1C)C(=O)NC(C)c1ccc(F)cc1. The quantitative estimate of drug-likeness (QED) is 0.869. The van der Waals surface area contributed by atoms with E-state index in [0.717, 1.165) is 11.1 Å². The van der Waals surface area contributed by atoms with Gasteiger partial charge in [-0.25, -0.2) is 4.39 Å². The standard InChI is InChI=1S/C19H22FNO2/c1-4-17(23-18-8-6-5-7-13(18)2)19(22)21-14(3)15-9-11-16(20)12-10-15/h5-12,14,17H,4H2,1-3H3,(H,21,22). The summed E-state index contributed by atoms with van der Waals surface area (Å²) in [6.45, 7) is 5.72. The van der Waals surface area contributed by atoms with E-state index in [4.69, 9.17) is 4.74 Å². The van der Waals surface area contributed by atoms with Crippen molar-refractivity contribution in [2.45, 2.75) is 39.3 Å². The second kappa shape index (κ2) is 7.77. The summed E-state index contributed by atoms with van der Waals surface area (Å²) >= 11 is 0. The Morgan fingerprint density at radius 1 is 1.17 bits per heavy atom. The summed E-state index contributed by atoms with van der Waals surface area (Å²) in [5.74, 6) is 0.248. The molecule has 0 aromatic heterocycles. The van der Waals surface area contributed by atoms with Crippen molar-refractivity contribution >= 4 is 5.91 Å². The monoisotopic (exact) mass is 315 g/mol. The predicted octanol–water partition coefficient (Wildman–Crippen LogP) is 4.17. The van der Waals surface area contributed by atoms with Gasteiger partial charge in [-0.05, 0) is 49.6 Å². The fourth-order valence-electron chi connectivity index (χ4n) is 2.31. The average molecular weight is 315 g/mol. The largest absolute Gasteiger partial charge is 0.480 e. The first-order chi connectivity index (χ1) is 11.0. The molecule has 0 aliphatic carbocycles. The van der Waals surface area contributed by atoms with Crippen molar-refractivity contribution in [1.82, 2.24) is 5.32 Å². The normalized spacial score (nSPS) is 13.2. The number of amides is 1. The summed E-state index contributed by atoms with van der Waals surface area (Å²) in [6.07, 6.45) is 0.00930. The summed E-state index contributed by atoms with van der Waals surface area (Å²) in [5.41, 5.74) is 1.84. The number of benzene rings is 2. The summed E-state index contributed by atoms with van der Waals surface area (Å²) in [5, 5.41) is 2.92. The first-order valence-corrected chi connectivity index (χ1v) is 7.79. The Balaban J connectivity index is 2.02. The minimum Gasteiger partial charge on any atom is -0.480 e. The smallest absolute Gasteiger partial charge is 0.261 e. The van der Waals surface area contributed by atoms with E-state index in [2.05, 4.69) is 5.32 Å². The van der Waals surface area contributed by atoms with Crippen LogP contribution < -0.4 is 10.1 Å². The minimum absolute atomic E-state index is 0.174. The molecule has 122 valence electrons. The molecular weight excluding hydrogens is 293 g/mol. The number of hydrogen-bond donors (Lipinski definition) is 1. The molecule has 4 heteroatoms. The Labute approximate surface area is 136 Å². The number of hydrogen-bond acceptors (Lipinski definition) is 2. The van der Waals surface area contributed by atoms with E-state index in [0.29, 0.717) is 12.2 Å². The third-order valence-corrected chi connectivity index (χ3v) is 3.75. The summed E-state index contributed by atoms with van der Waals surface area (Å²) in [7, 11) is 0. The van der Waals surface area contributed by atoms with Crippen LogP contribution in [0, 0.1) is 12.7 Å². The first kappa shape index (κ1) is 17.0. The Morgan fingerprint density at radius 2 is 1.83 bits per heavy atom. The Morgan fingerprint density at radius 3 is 2.43 bits per heavy atom. The molecule has 0 aliphatic rings. The van der Waals surface area contributed by atoms with E-state index < -0.39 is 6.10 Å². The van der Waals surface area contributed by atoms with Crippen LogP contribution in [0.15, 0.2) is 48.5 Å². The van der Waals surface area contributed by atoms with Crippen LogP contribution >= 0.6 is 0 Å². The van der Waals surface area contributed by atoms with Gasteiger partial charge in [0.2, 0.25) is 0 Å². The van der Waals surface area contributed by atoms with Crippen LogP contribution in [-0.2, 0) is 4.79 Å². The number of nitrogens with one attached hydrogen (secondary N) is 1. The zero-order valence-electron chi connectivity index (χ0n) is 13.7. The van der Waals surface area contributed by atoms with Gasteiger partial charge in [-0.3, -0.25) is 4.79 Å². The van der Waals surface area contributed by atoms with Crippen molar-refractivity contribution in [2.24, 2.45) is 0 Å².